The van der Waals surface area contributed by atoms with Crippen LogP contribution in [0.3, 0.4) is 0 Å². The highest BCUT2D eigenvalue weighted by atomic mass is 35.5. The van der Waals surface area contributed by atoms with Crippen molar-refractivity contribution >= 4 is 28.3 Å². The lowest BCUT2D eigenvalue weighted by molar-refractivity contribution is -0.123. The zero-order valence-electron chi connectivity index (χ0n) is 14.9. The molecule has 0 radical (unpaired) electrons. The van der Waals surface area contributed by atoms with Gasteiger partial charge in [0, 0.05) is 32.4 Å². The van der Waals surface area contributed by atoms with Crippen molar-refractivity contribution in [3.8, 4) is 0 Å². The van der Waals surface area contributed by atoms with Crippen molar-refractivity contribution in [2.24, 2.45) is 18.7 Å². The summed E-state index contributed by atoms with van der Waals surface area (Å²) in [4.78, 5) is 12.3. The number of nitrogens with zero attached hydrogens (tertiary/aromatic N) is 3. The molecule has 25 heavy (non-hydrogen) atoms. The van der Waals surface area contributed by atoms with Gasteiger partial charge in [0.1, 0.15) is 4.90 Å². The van der Waals surface area contributed by atoms with E-state index in [1.165, 1.54) is 21.4 Å². The fourth-order valence-corrected chi connectivity index (χ4v) is 4.30. The van der Waals surface area contributed by atoms with Crippen LogP contribution in [-0.2, 0) is 21.9 Å². The summed E-state index contributed by atoms with van der Waals surface area (Å²) < 4.78 is 28.0. The number of piperidine rings is 1. The van der Waals surface area contributed by atoms with E-state index in [-0.39, 0.29) is 29.3 Å². The Kier molecular flexibility index (Phi) is 7.86. The molecular formula is C15H28ClN5O3S. The first-order chi connectivity index (χ1) is 11.2. The van der Waals surface area contributed by atoms with E-state index in [0.29, 0.717) is 38.3 Å². The maximum absolute atomic E-state index is 12.5. The maximum Gasteiger partial charge on any atom is 0.246 e. The number of rotatable bonds is 6. The second-order valence-corrected chi connectivity index (χ2v) is 8.71. The second kappa shape index (κ2) is 8.98. The lowest BCUT2D eigenvalue weighted by Gasteiger charge is -2.31. The van der Waals surface area contributed by atoms with Crippen molar-refractivity contribution in [2.45, 2.75) is 50.1 Å². The number of nitrogens with two attached hydrogens (primary N) is 1. The lowest BCUT2D eigenvalue weighted by Crippen LogP contribution is -2.50. The number of amides is 1. The molecule has 1 aromatic heterocycles. The largest absolute Gasteiger partial charge is 0.352 e. The summed E-state index contributed by atoms with van der Waals surface area (Å²) in [6, 6.07) is -0.543. The summed E-state index contributed by atoms with van der Waals surface area (Å²) in [7, 11) is -1.83. The molecule has 1 amide bonds. The summed E-state index contributed by atoms with van der Waals surface area (Å²) in [5.41, 5.74) is 5.88. The van der Waals surface area contributed by atoms with Gasteiger partial charge in [0.25, 0.3) is 0 Å². The number of sulfonamides is 1. The third kappa shape index (κ3) is 5.67. The van der Waals surface area contributed by atoms with Crippen LogP contribution < -0.4 is 11.1 Å². The molecule has 1 aromatic rings. The first-order valence-electron chi connectivity index (χ1n) is 8.25. The number of aryl methyl sites for hydroxylation is 1. The molecule has 1 aliphatic heterocycles. The predicted molar refractivity (Wildman–Crippen MR) is 97.8 cm³/mol. The van der Waals surface area contributed by atoms with Gasteiger partial charge in [-0.2, -0.15) is 9.40 Å². The van der Waals surface area contributed by atoms with E-state index in [2.05, 4.69) is 10.4 Å². The summed E-state index contributed by atoms with van der Waals surface area (Å²) in [5, 5.41) is 6.85. The van der Waals surface area contributed by atoms with Gasteiger partial charge in [-0.05, 0) is 25.2 Å². The SMILES string of the molecule is CC(C)C[C@H](N)C(=O)NC1CCN(S(=O)(=O)c2cnn(C)c2)CC1.Cl. The quantitative estimate of drug-likeness (QED) is 0.730. The number of carbonyl (C=O) groups excluding carboxylic acids is 1. The molecule has 10 heteroatoms. The number of aromatic nitrogens is 2. The highest BCUT2D eigenvalue weighted by molar-refractivity contribution is 7.89. The van der Waals surface area contributed by atoms with Crippen molar-refractivity contribution in [1.29, 1.82) is 0 Å². The van der Waals surface area contributed by atoms with E-state index in [0.717, 1.165) is 0 Å². The molecule has 0 unspecified atom stereocenters. The molecule has 2 heterocycles. The van der Waals surface area contributed by atoms with Crippen LogP contribution in [0, 0.1) is 5.92 Å². The topological polar surface area (TPSA) is 110 Å². The fraction of sp³-hybridized carbons (Fsp3) is 0.733. The fourth-order valence-electron chi connectivity index (χ4n) is 2.84. The molecule has 0 bridgehead atoms. The Labute approximate surface area is 155 Å². The number of halogens is 1. The van der Waals surface area contributed by atoms with Crippen LogP contribution in [0.25, 0.3) is 0 Å². The monoisotopic (exact) mass is 393 g/mol. The van der Waals surface area contributed by atoms with Gasteiger partial charge in [0.2, 0.25) is 15.9 Å². The average Bonchev–Trinajstić information content (AvgIpc) is 2.94. The molecule has 0 aliphatic carbocycles. The van der Waals surface area contributed by atoms with Crippen molar-refractivity contribution in [3.05, 3.63) is 12.4 Å². The van der Waals surface area contributed by atoms with E-state index in [9.17, 15) is 13.2 Å². The highest BCUT2D eigenvalue weighted by Gasteiger charge is 2.31. The lowest BCUT2D eigenvalue weighted by atomic mass is 10.0. The molecule has 0 saturated carbocycles. The minimum Gasteiger partial charge on any atom is -0.352 e. The second-order valence-electron chi connectivity index (χ2n) is 6.77. The Morgan fingerprint density at radius 3 is 2.48 bits per heavy atom. The third-order valence-electron chi connectivity index (χ3n) is 4.18. The molecule has 0 aromatic carbocycles. The highest BCUT2D eigenvalue weighted by Crippen LogP contribution is 2.20. The van der Waals surface area contributed by atoms with Gasteiger partial charge in [-0.3, -0.25) is 9.48 Å². The summed E-state index contributed by atoms with van der Waals surface area (Å²) in [6.07, 6.45) is 4.65. The molecule has 1 fully saturated rings. The van der Waals surface area contributed by atoms with Gasteiger partial charge >= 0.3 is 0 Å². The number of carbonyl (C=O) groups is 1. The number of nitrogens with one attached hydrogen (secondary N) is 1. The zero-order chi connectivity index (χ0) is 17.9. The van der Waals surface area contributed by atoms with Crippen molar-refractivity contribution in [2.75, 3.05) is 13.1 Å². The van der Waals surface area contributed by atoms with Gasteiger partial charge in [-0.1, -0.05) is 13.8 Å². The minimum absolute atomic E-state index is 0. The van der Waals surface area contributed by atoms with E-state index in [1.54, 1.807) is 7.05 Å². The Bertz CT molecular complexity index is 668. The summed E-state index contributed by atoms with van der Waals surface area (Å²) in [5.74, 6) is 0.203. The number of hydrogen-bond acceptors (Lipinski definition) is 5. The van der Waals surface area contributed by atoms with Crippen molar-refractivity contribution in [3.63, 3.8) is 0 Å². The molecule has 1 atom stereocenters. The average molecular weight is 394 g/mol. The minimum atomic E-state index is -3.51. The summed E-state index contributed by atoms with van der Waals surface area (Å²) >= 11 is 0. The van der Waals surface area contributed by atoms with Crippen molar-refractivity contribution in [1.82, 2.24) is 19.4 Å². The maximum atomic E-state index is 12.5. The van der Waals surface area contributed by atoms with Gasteiger partial charge in [0.05, 0.1) is 12.2 Å². The van der Waals surface area contributed by atoms with E-state index >= 15 is 0 Å². The van der Waals surface area contributed by atoms with Gasteiger partial charge in [-0.15, -0.1) is 12.4 Å². The molecule has 0 spiro atoms. The van der Waals surface area contributed by atoms with E-state index < -0.39 is 16.1 Å². The molecule has 1 saturated heterocycles. The third-order valence-corrected chi connectivity index (χ3v) is 6.03. The first kappa shape index (κ1) is 21.9. The molecule has 8 nitrogen and oxygen atoms in total. The van der Waals surface area contributed by atoms with Crippen LogP contribution in [0.5, 0.6) is 0 Å². The Morgan fingerprint density at radius 1 is 1.40 bits per heavy atom. The van der Waals surface area contributed by atoms with E-state index in [4.69, 9.17) is 5.73 Å². The predicted octanol–water partition coefficient (Wildman–Crippen LogP) is 0.485. The first-order valence-corrected chi connectivity index (χ1v) is 9.69. The normalized spacial score (nSPS) is 18.0. The summed E-state index contributed by atoms with van der Waals surface area (Å²) in [6.45, 7) is 4.80. The molecule has 1 aliphatic rings. The van der Waals surface area contributed by atoms with E-state index in [1.807, 2.05) is 13.8 Å². The van der Waals surface area contributed by atoms with Crippen LogP contribution in [0.15, 0.2) is 17.3 Å². The van der Waals surface area contributed by atoms with Crippen LogP contribution in [-0.4, -0.2) is 53.6 Å². The Hall–Kier alpha value is -1.16. The van der Waals surface area contributed by atoms with Crippen molar-refractivity contribution < 1.29 is 13.2 Å². The molecule has 144 valence electrons. The van der Waals surface area contributed by atoms with Crippen LogP contribution >= 0.6 is 12.4 Å². The van der Waals surface area contributed by atoms with Crippen LogP contribution in [0.1, 0.15) is 33.1 Å². The van der Waals surface area contributed by atoms with Gasteiger partial charge in [-0.25, -0.2) is 8.42 Å². The molecular weight excluding hydrogens is 366 g/mol. The van der Waals surface area contributed by atoms with Gasteiger partial charge < -0.3 is 11.1 Å². The smallest absolute Gasteiger partial charge is 0.246 e. The zero-order valence-corrected chi connectivity index (χ0v) is 16.5. The van der Waals surface area contributed by atoms with Crippen LogP contribution in [0.2, 0.25) is 0 Å². The molecule has 2 rings (SSSR count). The Morgan fingerprint density at radius 2 is 2.00 bits per heavy atom. The number of hydrogen-bond donors (Lipinski definition) is 2. The Balaban J connectivity index is 0.00000312. The standard InChI is InChI=1S/C15H27N5O3S.ClH/c1-11(2)8-14(16)15(21)18-12-4-6-20(7-5-12)24(22,23)13-9-17-19(3)10-13;/h9-12,14H,4-8,16H2,1-3H3,(H,18,21);1H/t14-;/m0./s1. The van der Waals surface area contributed by atoms with Crippen LogP contribution in [0.4, 0.5) is 0 Å². The molecule has 3 N–H and O–H groups in total. The van der Waals surface area contributed by atoms with Gasteiger partial charge in [0.15, 0.2) is 0 Å².